The predicted molar refractivity (Wildman–Crippen MR) is 67.0 cm³/mol. The van der Waals surface area contributed by atoms with E-state index < -0.39 is 11.6 Å². The van der Waals surface area contributed by atoms with Gasteiger partial charge in [-0.15, -0.1) is 0 Å². The summed E-state index contributed by atoms with van der Waals surface area (Å²) in [6.45, 7) is 4.90. The number of carbonyl (C=O) groups is 1. The van der Waals surface area contributed by atoms with Gasteiger partial charge in [-0.1, -0.05) is 19.9 Å². The maximum Gasteiger partial charge on any atom is 0.222 e. The van der Waals surface area contributed by atoms with Gasteiger partial charge in [0.05, 0.1) is 0 Å². The van der Waals surface area contributed by atoms with Crippen LogP contribution in [0.5, 0.6) is 0 Å². The highest BCUT2D eigenvalue weighted by Crippen LogP contribution is 2.12. The van der Waals surface area contributed by atoms with Gasteiger partial charge >= 0.3 is 0 Å². The lowest BCUT2D eigenvalue weighted by molar-refractivity contribution is -0.131. The zero-order valence-electron chi connectivity index (χ0n) is 10.9. The Morgan fingerprint density at radius 1 is 1.17 bits per heavy atom. The van der Waals surface area contributed by atoms with Crippen LogP contribution in [-0.4, -0.2) is 17.4 Å². The molecular formula is C14H19F2NO. The number of carbonyl (C=O) groups excluding carboxylic acids is 1. The third-order valence-electron chi connectivity index (χ3n) is 2.67. The van der Waals surface area contributed by atoms with Crippen molar-refractivity contribution in [1.82, 2.24) is 4.90 Å². The van der Waals surface area contributed by atoms with Crippen LogP contribution in [0.3, 0.4) is 0 Å². The zero-order chi connectivity index (χ0) is 13.5. The first kappa shape index (κ1) is 14.6. The Morgan fingerprint density at radius 2 is 1.89 bits per heavy atom. The van der Waals surface area contributed by atoms with E-state index in [1.807, 2.05) is 13.8 Å². The molecule has 100 valence electrons. The maximum atomic E-state index is 13.1. The van der Waals surface area contributed by atoms with Crippen LogP contribution in [0.15, 0.2) is 18.2 Å². The van der Waals surface area contributed by atoms with Gasteiger partial charge in [0.15, 0.2) is 11.6 Å². The van der Waals surface area contributed by atoms with Crippen LogP contribution in [0.2, 0.25) is 0 Å². The average Bonchev–Trinajstić information content (AvgIpc) is 2.33. The van der Waals surface area contributed by atoms with E-state index in [9.17, 15) is 13.6 Å². The van der Waals surface area contributed by atoms with Crippen molar-refractivity contribution in [3.05, 3.63) is 35.4 Å². The zero-order valence-corrected chi connectivity index (χ0v) is 10.9. The third-order valence-corrected chi connectivity index (χ3v) is 2.67. The molecule has 0 saturated heterocycles. The van der Waals surface area contributed by atoms with Gasteiger partial charge < -0.3 is 4.90 Å². The Morgan fingerprint density at radius 3 is 2.44 bits per heavy atom. The molecule has 1 aromatic carbocycles. The van der Waals surface area contributed by atoms with Crippen LogP contribution in [-0.2, 0) is 11.3 Å². The molecule has 2 nitrogen and oxygen atoms in total. The van der Waals surface area contributed by atoms with Crippen LogP contribution in [0.4, 0.5) is 8.78 Å². The highest BCUT2D eigenvalue weighted by Gasteiger charge is 2.13. The fraction of sp³-hybridized carbons (Fsp3) is 0.500. The molecule has 0 aromatic heterocycles. The molecule has 0 fully saturated rings. The molecule has 0 aliphatic rings. The van der Waals surface area contributed by atoms with E-state index in [-0.39, 0.29) is 5.91 Å². The highest BCUT2D eigenvalue weighted by molar-refractivity contribution is 5.76. The molecular weight excluding hydrogens is 236 g/mol. The molecule has 0 aliphatic carbocycles. The first-order valence-electron chi connectivity index (χ1n) is 6.30. The Balaban J connectivity index is 2.76. The van der Waals surface area contributed by atoms with E-state index in [1.54, 1.807) is 4.90 Å². The van der Waals surface area contributed by atoms with Gasteiger partial charge in [0, 0.05) is 19.5 Å². The number of benzene rings is 1. The van der Waals surface area contributed by atoms with Crippen molar-refractivity contribution in [2.45, 2.75) is 39.7 Å². The summed E-state index contributed by atoms with van der Waals surface area (Å²) in [4.78, 5) is 13.5. The Bertz CT molecular complexity index is 407. The SMILES string of the molecule is CCCC(=O)N(CCC)Cc1ccc(F)c(F)c1. The molecule has 0 spiro atoms. The minimum Gasteiger partial charge on any atom is -0.338 e. The summed E-state index contributed by atoms with van der Waals surface area (Å²) < 4.78 is 25.9. The van der Waals surface area contributed by atoms with Crippen molar-refractivity contribution in [3.63, 3.8) is 0 Å². The lowest BCUT2D eigenvalue weighted by Crippen LogP contribution is -2.31. The Kier molecular flexibility index (Phi) is 5.75. The van der Waals surface area contributed by atoms with Crippen LogP contribution in [0.1, 0.15) is 38.7 Å². The van der Waals surface area contributed by atoms with Gasteiger partial charge in [-0.3, -0.25) is 4.79 Å². The normalized spacial score (nSPS) is 10.4. The Hall–Kier alpha value is -1.45. The van der Waals surface area contributed by atoms with Crippen molar-refractivity contribution >= 4 is 5.91 Å². The van der Waals surface area contributed by atoms with E-state index in [0.29, 0.717) is 25.1 Å². The summed E-state index contributed by atoms with van der Waals surface area (Å²) in [5, 5.41) is 0. The first-order valence-corrected chi connectivity index (χ1v) is 6.30. The second kappa shape index (κ2) is 7.09. The molecule has 18 heavy (non-hydrogen) atoms. The Labute approximate surface area is 107 Å². The van der Waals surface area contributed by atoms with Crippen LogP contribution in [0.25, 0.3) is 0 Å². The van der Waals surface area contributed by atoms with Crippen molar-refractivity contribution < 1.29 is 13.6 Å². The fourth-order valence-corrected chi connectivity index (χ4v) is 1.79. The number of rotatable bonds is 6. The van der Waals surface area contributed by atoms with E-state index >= 15 is 0 Å². The lowest BCUT2D eigenvalue weighted by atomic mass is 10.2. The minimum atomic E-state index is -0.869. The summed E-state index contributed by atoms with van der Waals surface area (Å²) in [6.07, 6.45) is 2.12. The molecule has 0 radical (unpaired) electrons. The first-order chi connectivity index (χ1) is 8.58. The highest BCUT2D eigenvalue weighted by atomic mass is 19.2. The second-order valence-electron chi connectivity index (χ2n) is 4.31. The standard InChI is InChI=1S/C14H19F2NO/c1-3-5-14(18)17(8-4-2)10-11-6-7-12(15)13(16)9-11/h6-7,9H,3-5,8,10H2,1-2H3. The number of amides is 1. The van der Waals surface area contributed by atoms with E-state index in [0.717, 1.165) is 25.0 Å². The third kappa shape index (κ3) is 4.09. The van der Waals surface area contributed by atoms with Gasteiger partial charge in [-0.05, 0) is 30.5 Å². The van der Waals surface area contributed by atoms with Crippen molar-refractivity contribution in [3.8, 4) is 0 Å². The van der Waals surface area contributed by atoms with E-state index in [2.05, 4.69) is 0 Å². The minimum absolute atomic E-state index is 0.0593. The van der Waals surface area contributed by atoms with Crippen LogP contribution in [0, 0.1) is 11.6 Å². The summed E-state index contributed by atoms with van der Waals surface area (Å²) in [5.41, 5.74) is 0.617. The lowest BCUT2D eigenvalue weighted by Gasteiger charge is -2.22. The number of nitrogens with zero attached hydrogens (tertiary/aromatic N) is 1. The van der Waals surface area contributed by atoms with Crippen molar-refractivity contribution in [2.75, 3.05) is 6.54 Å². The largest absolute Gasteiger partial charge is 0.338 e. The predicted octanol–water partition coefficient (Wildman–Crippen LogP) is 3.50. The number of hydrogen-bond acceptors (Lipinski definition) is 1. The average molecular weight is 255 g/mol. The van der Waals surface area contributed by atoms with Gasteiger partial charge in [0.25, 0.3) is 0 Å². The summed E-state index contributed by atoms with van der Waals surface area (Å²) >= 11 is 0. The second-order valence-corrected chi connectivity index (χ2v) is 4.31. The molecule has 4 heteroatoms. The van der Waals surface area contributed by atoms with Gasteiger partial charge in [-0.25, -0.2) is 8.78 Å². The molecule has 0 atom stereocenters. The molecule has 0 unspecified atom stereocenters. The van der Waals surface area contributed by atoms with E-state index in [1.165, 1.54) is 6.07 Å². The van der Waals surface area contributed by atoms with E-state index in [4.69, 9.17) is 0 Å². The molecule has 0 aliphatic heterocycles. The summed E-state index contributed by atoms with van der Waals surface area (Å²) in [7, 11) is 0. The quantitative estimate of drug-likeness (QED) is 0.761. The summed E-state index contributed by atoms with van der Waals surface area (Å²) in [6, 6.07) is 3.76. The number of hydrogen-bond donors (Lipinski definition) is 0. The molecule has 1 rings (SSSR count). The molecule has 1 amide bonds. The molecule has 0 heterocycles. The monoisotopic (exact) mass is 255 g/mol. The van der Waals surface area contributed by atoms with Gasteiger partial charge in [0.1, 0.15) is 0 Å². The molecule has 0 saturated carbocycles. The smallest absolute Gasteiger partial charge is 0.222 e. The van der Waals surface area contributed by atoms with Gasteiger partial charge in [0.2, 0.25) is 5.91 Å². The molecule has 1 aromatic rings. The van der Waals surface area contributed by atoms with Crippen LogP contribution < -0.4 is 0 Å². The maximum absolute atomic E-state index is 13.1. The van der Waals surface area contributed by atoms with Crippen molar-refractivity contribution in [2.24, 2.45) is 0 Å². The van der Waals surface area contributed by atoms with Crippen LogP contribution >= 0.6 is 0 Å². The molecule has 0 bridgehead atoms. The fourth-order valence-electron chi connectivity index (χ4n) is 1.79. The summed E-state index contributed by atoms with van der Waals surface area (Å²) in [5.74, 6) is -1.67. The topological polar surface area (TPSA) is 20.3 Å². The molecule has 0 N–H and O–H groups in total. The number of halogens is 2. The van der Waals surface area contributed by atoms with Gasteiger partial charge in [-0.2, -0.15) is 0 Å². The van der Waals surface area contributed by atoms with Crippen molar-refractivity contribution in [1.29, 1.82) is 0 Å².